The minimum Gasteiger partial charge on any atom is -0.352 e. The third-order valence-corrected chi connectivity index (χ3v) is 3.57. The van der Waals surface area contributed by atoms with Crippen LogP contribution in [-0.4, -0.2) is 32.1 Å². The van der Waals surface area contributed by atoms with Crippen LogP contribution in [0.4, 0.5) is 4.79 Å². The summed E-state index contributed by atoms with van der Waals surface area (Å²) in [5.74, 6) is 0.827. The molecule has 7 heteroatoms. The maximum Gasteiger partial charge on any atom is 0.317 e. The topological polar surface area (TPSA) is 55.1 Å². The van der Waals surface area contributed by atoms with Crippen LogP contribution in [0.2, 0.25) is 0 Å². The molecule has 0 aliphatic carbocycles. The van der Waals surface area contributed by atoms with E-state index in [1.807, 2.05) is 41.7 Å². The van der Waals surface area contributed by atoms with Crippen LogP contribution in [0.5, 0.6) is 0 Å². The van der Waals surface area contributed by atoms with E-state index in [-0.39, 0.29) is 6.03 Å². The van der Waals surface area contributed by atoms with E-state index >= 15 is 0 Å². The predicted molar refractivity (Wildman–Crippen MR) is 80.0 cm³/mol. The minimum atomic E-state index is -0.120. The molecule has 0 aliphatic heterocycles. The Bertz CT molecular complexity index is 604. The van der Waals surface area contributed by atoms with Gasteiger partial charge < -0.3 is 19.4 Å². The number of nitrogens with zero attached hydrogens (tertiary/aromatic N) is 4. The third kappa shape index (κ3) is 3.41. The number of nitrogens with one attached hydrogen (secondary N) is 1. The zero-order chi connectivity index (χ0) is 14.7. The average Bonchev–Trinajstić information content (AvgIpc) is 2.93. The molecule has 0 saturated carbocycles. The minimum absolute atomic E-state index is 0.120. The Morgan fingerprint density at radius 3 is 2.75 bits per heavy atom. The number of urea groups is 1. The number of carbonyl (C=O) groups excluding carboxylic acids is 1. The Kier molecular flexibility index (Phi) is 4.49. The number of amides is 2. The Morgan fingerprint density at radius 2 is 2.20 bits per heavy atom. The van der Waals surface area contributed by atoms with Crippen LogP contribution >= 0.6 is 15.9 Å². The van der Waals surface area contributed by atoms with Gasteiger partial charge in [-0.25, -0.2) is 9.78 Å². The van der Waals surface area contributed by atoms with E-state index in [1.165, 1.54) is 0 Å². The molecule has 2 amide bonds. The van der Waals surface area contributed by atoms with Gasteiger partial charge in [-0.15, -0.1) is 0 Å². The van der Waals surface area contributed by atoms with Gasteiger partial charge in [0, 0.05) is 49.9 Å². The molecular weight excluding hydrogens is 322 g/mol. The van der Waals surface area contributed by atoms with Crippen LogP contribution in [0.25, 0.3) is 0 Å². The molecule has 0 spiro atoms. The Labute approximate surface area is 126 Å². The lowest BCUT2D eigenvalue weighted by atomic mass is 10.4. The normalized spacial score (nSPS) is 10.6. The first kappa shape index (κ1) is 14.6. The standard InChI is InChI=1S/C13H18BrN5O/c1-17-5-4-15-12(17)7-16-13(20)19(3)9-11-6-10(14)8-18(11)2/h4-6,8H,7,9H2,1-3H3,(H,16,20). The molecule has 2 aromatic rings. The van der Waals surface area contributed by atoms with Crippen molar-refractivity contribution >= 4 is 22.0 Å². The second kappa shape index (κ2) is 6.13. The summed E-state index contributed by atoms with van der Waals surface area (Å²) in [5.41, 5.74) is 1.06. The van der Waals surface area contributed by atoms with Gasteiger partial charge in [-0.1, -0.05) is 0 Å². The number of aryl methyl sites for hydroxylation is 2. The molecule has 0 aromatic carbocycles. The number of rotatable bonds is 4. The molecule has 2 rings (SSSR count). The van der Waals surface area contributed by atoms with E-state index in [9.17, 15) is 4.79 Å². The number of aromatic nitrogens is 3. The fourth-order valence-corrected chi connectivity index (χ4v) is 2.47. The number of hydrogen-bond acceptors (Lipinski definition) is 2. The molecular formula is C13H18BrN5O. The molecule has 0 aliphatic rings. The van der Waals surface area contributed by atoms with Crippen LogP contribution in [0.15, 0.2) is 29.1 Å². The second-order valence-electron chi connectivity index (χ2n) is 4.73. The van der Waals surface area contributed by atoms with Crippen LogP contribution in [0.1, 0.15) is 11.5 Å². The molecule has 20 heavy (non-hydrogen) atoms. The molecule has 0 atom stereocenters. The molecule has 108 valence electrons. The van der Waals surface area contributed by atoms with Gasteiger partial charge in [0.05, 0.1) is 13.1 Å². The van der Waals surface area contributed by atoms with Crippen molar-refractivity contribution < 1.29 is 4.79 Å². The highest BCUT2D eigenvalue weighted by Crippen LogP contribution is 2.14. The van der Waals surface area contributed by atoms with E-state index in [0.717, 1.165) is 16.0 Å². The third-order valence-electron chi connectivity index (χ3n) is 3.14. The summed E-state index contributed by atoms with van der Waals surface area (Å²) >= 11 is 3.42. The lowest BCUT2D eigenvalue weighted by Crippen LogP contribution is -2.37. The van der Waals surface area contributed by atoms with Crippen LogP contribution in [-0.2, 0) is 27.2 Å². The van der Waals surface area contributed by atoms with Gasteiger partial charge >= 0.3 is 6.03 Å². The quantitative estimate of drug-likeness (QED) is 0.924. The maximum atomic E-state index is 12.0. The van der Waals surface area contributed by atoms with Gasteiger partial charge in [-0.3, -0.25) is 0 Å². The van der Waals surface area contributed by atoms with Gasteiger partial charge in [0.15, 0.2) is 0 Å². The SMILES string of the molecule is CN(Cc1cc(Br)cn1C)C(=O)NCc1nccn1C. The first-order valence-corrected chi connectivity index (χ1v) is 7.02. The van der Waals surface area contributed by atoms with Gasteiger partial charge in [-0.2, -0.15) is 0 Å². The van der Waals surface area contributed by atoms with Crippen molar-refractivity contribution in [3.63, 3.8) is 0 Å². The molecule has 2 aromatic heterocycles. The highest BCUT2D eigenvalue weighted by Gasteiger charge is 2.12. The summed E-state index contributed by atoms with van der Waals surface area (Å²) < 4.78 is 4.89. The second-order valence-corrected chi connectivity index (χ2v) is 5.65. The van der Waals surface area contributed by atoms with Crippen molar-refractivity contribution in [2.45, 2.75) is 13.1 Å². The van der Waals surface area contributed by atoms with Crippen LogP contribution in [0.3, 0.4) is 0 Å². The highest BCUT2D eigenvalue weighted by molar-refractivity contribution is 9.10. The Balaban J connectivity index is 1.89. The fourth-order valence-electron chi connectivity index (χ4n) is 1.89. The van der Waals surface area contributed by atoms with Gasteiger partial charge in [-0.05, 0) is 22.0 Å². The van der Waals surface area contributed by atoms with Crippen molar-refractivity contribution in [2.24, 2.45) is 14.1 Å². The summed E-state index contributed by atoms with van der Waals surface area (Å²) in [7, 11) is 5.63. The summed E-state index contributed by atoms with van der Waals surface area (Å²) in [6.45, 7) is 0.970. The van der Waals surface area contributed by atoms with Crippen molar-refractivity contribution in [1.29, 1.82) is 0 Å². The van der Waals surface area contributed by atoms with Crippen molar-refractivity contribution in [1.82, 2.24) is 24.3 Å². The zero-order valence-corrected chi connectivity index (χ0v) is 13.4. The Hall–Kier alpha value is -1.76. The Morgan fingerprint density at radius 1 is 1.45 bits per heavy atom. The number of halogens is 1. The predicted octanol–water partition coefficient (Wildman–Crippen LogP) is 1.86. The van der Waals surface area contributed by atoms with Crippen molar-refractivity contribution in [3.8, 4) is 0 Å². The molecule has 2 heterocycles. The lowest BCUT2D eigenvalue weighted by Gasteiger charge is -2.18. The zero-order valence-electron chi connectivity index (χ0n) is 11.8. The smallest absolute Gasteiger partial charge is 0.317 e. The number of imidazole rings is 1. The summed E-state index contributed by atoms with van der Waals surface area (Å²) in [4.78, 5) is 17.8. The van der Waals surface area contributed by atoms with Crippen molar-refractivity contribution in [2.75, 3.05) is 7.05 Å². The maximum absolute atomic E-state index is 12.0. The van der Waals surface area contributed by atoms with Gasteiger partial charge in [0.25, 0.3) is 0 Å². The van der Waals surface area contributed by atoms with E-state index in [2.05, 4.69) is 26.2 Å². The van der Waals surface area contributed by atoms with E-state index in [4.69, 9.17) is 0 Å². The molecule has 6 nitrogen and oxygen atoms in total. The molecule has 0 saturated heterocycles. The summed E-state index contributed by atoms with van der Waals surface area (Å²) in [6, 6.07) is 1.88. The molecule has 0 radical (unpaired) electrons. The fraction of sp³-hybridized carbons (Fsp3) is 0.385. The lowest BCUT2D eigenvalue weighted by molar-refractivity contribution is 0.205. The summed E-state index contributed by atoms with van der Waals surface area (Å²) in [5, 5.41) is 2.85. The molecule has 1 N–H and O–H groups in total. The first-order chi connectivity index (χ1) is 9.47. The highest BCUT2D eigenvalue weighted by atomic mass is 79.9. The first-order valence-electron chi connectivity index (χ1n) is 6.23. The van der Waals surface area contributed by atoms with Gasteiger partial charge in [0.1, 0.15) is 5.82 Å². The molecule has 0 unspecified atom stereocenters. The van der Waals surface area contributed by atoms with E-state index in [0.29, 0.717) is 13.1 Å². The van der Waals surface area contributed by atoms with Crippen LogP contribution < -0.4 is 5.32 Å². The number of hydrogen-bond donors (Lipinski definition) is 1. The molecule has 0 bridgehead atoms. The van der Waals surface area contributed by atoms with Crippen LogP contribution in [0, 0.1) is 0 Å². The summed E-state index contributed by atoms with van der Waals surface area (Å²) in [6.07, 6.45) is 5.54. The largest absolute Gasteiger partial charge is 0.352 e. The monoisotopic (exact) mass is 339 g/mol. The van der Waals surface area contributed by atoms with E-state index in [1.54, 1.807) is 18.1 Å². The van der Waals surface area contributed by atoms with Gasteiger partial charge in [0.2, 0.25) is 0 Å². The van der Waals surface area contributed by atoms with Crippen molar-refractivity contribution in [3.05, 3.63) is 40.6 Å². The average molecular weight is 340 g/mol. The molecule has 0 fully saturated rings. The number of carbonyl (C=O) groups is 1. The van der Waals surface area contributed by atoms with E-state index < -0.39 is 0 Å².